The molecule has 0 aliphatic rings. The van der Waals surface area contributed by atoms with Gasteiger partial charge < -0.3 is 9.79 Å². The predicted molar refractivity (Wildman–Crippen MR) is 62.4 cm³/mol. The third-order valence-electron chi connectivity index (χ3n) is 2.13. The van der Waals surface area contributed by atoms with Crippen molar-refractivity contribution >= 4 is 7.60 Å². The first-order valence-electron chi connectivity index (χ1n) is 5.62. The first kappa shape index (κ1) is 14.7. The fourth-order valence-electron chi connectivity index (χ4n) is 1.33. The molecule has 0 unspecified atom stereocenters. The summed E-state index contributed by atoms with van der Waals surface area (Å²) in [6, 6.07) is 0. The molecule has 0 spiro atoms. The summed E-state index contributed by atoms with van der Waals surface area (Å²) in [5.74, 6) is 2.51. The molecular formula is C11H21O3P. The zero-order chi connectivity index (χ0) is 11.6. The fourth-order valence-corrected chi connectivity index (χ4v) is 1.65. The average molecular weight is 232 g/mol. The highest BCUT2D eigenvalue weighted by atomic mass is 31.2. The van der Waals surface area contributed by atoms with Crippen LogP contribution in [0.1, 0.15) is 58.3 Å². The minimum absolute atomic E-state index is 0.596. The van der Waals surface area contributed by atoms with Crippen LogP contribution < -0.4 is 0 Å². The second-order valence-electron chi connectivity index (χ2n) is 3.70. The third-order valence-corrected chi connectivity index (χ3v) is 2.58. The summed E-state index contributed by atoms with van der Waals surface area (Å²) < 4.78 is 10.4. The van der Waals surface area contributed by atoms with Crippen LogP contribution in [0.15, 0.2) is 0 Å². The van der Waals surface area contributed by atoms with Gasteiger partial charge in [-0.2, -0.15) is 0 Å². The zero-order valence-corrected chi connectivity index (χ0v) is 10.3. The van der Waals surface area contributed by atoms with E-state index in [0.717, 1.165) is 12.8 Å². The normalized spacial score (nSPS) is 10.9. The van der Waals surface area contributed by atoms with Crippen LogP contribution in [0.3, 0.4) is 0 Å². The quantitative estimate of drug-likeness (QED) is 0.402. The lowest BCUT2D eigenvalue weighted by atomic mass is 10.1. The Morgan fingerprint density at radius 2 is 1.53 bits per heavy atom. The third kappa shape index (κ3) is 13.7. The van der Waals surface area contributed by atoms with Crippen molar-refractivity contribution in [2.75, 3.05) is 0 Å². The lowest BCUT2D eigenvalue weighted by Gasteiger charge is -1.98. The summed E-state index contributed by atoms with van der Waals surface area (Å²) in [4.78, 5) is 16.9. The van der Waals surface area contributed by atoms with Crippen LogP contribution in [0.25, 0.3) is 0 Å². The van der Waals surface area contributed by atoms with Crippen molar-refractivity contribution in [3.63, 3.8) is 0 Å². The summed E-state index contributed by atoms with van der Waals surface area (Å²) in [6.07, 6.45) is 8.98. The molecule has 88 valence electrons. The number of hydrogen-bond acceptors (Lipinski definition) is 1. The predicted octanol–water partition coefficient (Wildman–Crippen LogP) is 3.27. The summed E-state index contributed by atoms with van der Waals surface area (Å²) in [6.45, 7) is 2.19. The first-order chi connectivity index (χ1) is 7.06. The maximum absolute atomic E-state index is 10.4. The molecule has 0 aromatic heterocycles. The van der Waals surface area contributed by atoms with Gasteiger partial charge in [-0.25, -0.2) is 4.57 Å². The summed E-state index contributed by atoms with van der Waals surface area (Å²) in [7, 11) is -4.10. The van der Waals surface area contributed by atoms with Crippen molar-refractivity contribution in [1.82, 2.24) is 0 Å². The topological polar surface area (TPSA) is 57.5 Å². The highest BCUT2D eigenvalue weighted by Gasteiger charge is 2.04. The molecule has 0 aromatic carbocycles. The van der Waals surface area contributed by atoms with Crippen LogP contribution in [0.5, 0.6) is 0 Å². The average Bonchev–Trinajstić information content (AvgIpc) is 2.14. The number of rotatable bonds is 7. The Hall–Kier alpha value is -0.290. The molecule has 0 rings (SSSR count). The van der Waals surface area contributed by atoms with Crippen molar-refractivity contribution in [1.29, 1.82) is 0 Å². The van der Waals surface area contributed by atoms with Crippen molar-refractivity contribution in [3.05, 3.63) is 0 Å². The molecule has 0 atom stereocenters. The maximum atomic E-state index is 10.4. The Morgan fingerprint density at radius 1 is 1.00 bits per heavy atom. The standard InChI is InChI=1S/C11H21O3P/c1-2-3-4-5-6-7-8-9-10-11-15(12,13)14/h2-9H2,1H3,(H2,12,13,14). The smallest absolute Gasteiger partial charge is 0.315 e. The van der Waals surface area contributed by atoms with Gasteiger partial charge in [0.15, 0.2) is 0 Å². The van der Waals surface area contributed by atoms with E-state index in [2.05, 4.69) is 12.8 Å². The van der Waals surface area contributed by atoms with Gasteiger partial charge >= 0.3 is 7.60 Å². The Labute approximate surface area is 92.4 Å². The van der Waals surface area contributed by atoms with Crippen LogP contribution in [-0.2, 0) is 4.57 Å². The van der Waals surface area contributed by atoms with Gasteiger partial charge in [0.05, 0.1) is 0 Å². The highest BCUT2D eigenvalue weighted by Crippen LogP contribution is 2.31. The van der Waals surface area contributed by atoms with Crippen LogP contribution in [0.2, 0.25) is 0 Å². The van der Waals surface area contributed by atoms with E-state index in [1.165, 1.54) is 32.1 Å². The van der Waals surface area contributed by atoms with Crippen LogP contribution in [0, 0.1) is 11.6 Å². The molecule has 0 fully saturated rings. The van der Waals surface area contributed by atoms with Gasteiger partial charge in [-0.05, 0) is 6.42 Å². The Morgan fingerprint density at radius 3 is 2.07 bits per heavy atom. The molecule has 0 bridgehead atoms. The van der Waals surface area contributed by atoms with Crippen LogP contribution in [0.4, 0.5) is 0 Å². The van der Waals surface area contributed by atoms with Gasteiger partial charge in [-0.15, -0.1) is 0 Å². The van der Waals surface area contributed by atoms with Crippen LogP contribution in [-0.4, -0.2) is 9.79 Å². The van der Waals surface area contributed by atoms with E-state index < -0.39 is 7.60 Å². The molecule has 0 aliphatic carbocycles. The molecule has 4 heteroatoms. The van der Waals surface area contributed by atoms with Crippen molar-refractivity contribution in [2.45, 2.75) is 58.3 Å². The molecule has 0 heterocycles. The summed E-state index contributed by atoms with van der Waals surface area (Å²) in [5, 5.41) is 0. The van der Waals surface area contributed by atoms with Crippen molar-refractivity contribution in [3.8, 4) is 11.6 Å². The van der Waals surface area contributed by atoms with Gasteiger partial charge in [-0.1, -0.05) is 51.4 Å². The van der Waals surface area contributed by atoms with E-state index in [1.807, 2.05) is 5.66 Å². The molecule has 0 saturated heterocycles. The first-order valence-corrected chi connectivity index (χ1v) is 7.23. The Kier molecular flexibility index (Phi) is 8.80. The van der Waals surface area contributed by atoms with E-state index in [9.17, 15) is 4.57 Å². The molecule has 0 saturated carbocycles. The SMILES string of the molecule is CCCCCCCCCC#CP(=O)(O)O. The largest absolute Gasteiger partial charge is 0.400 e. The lowest BCUT2D eigenvalue weighted by Crippen LogP contribution is -1.79. The zero-order valence-electron chi connectivity index (χ0n) is 9.41. The van der Waals surface area contributed by atoms with Crippen molar-refractivity contribution < 1.29 is 14.4 Å². The lowest BCUT2D eigenvalue weighted by molar-refractivity contribution is 0.388. The molecule has 15 heavy (non-hydrogen) atoms. The van der Waals surface area contributed by atoms with Gasteiger partial charge in [-0.3, -0.25) is 0 Å². The Bertz CT molecular complexity index is 246. The summed E-state index contributed by atoms with van der Waals surface area (Å²) in [5.41, 5.74) is 1.95. The van der Waals surface area contributed by atoms with E-state index in [1.54, 1.807) is 0 Å². The monoisotopic (exact) mass is 232 g/mol. The van der Waals surface area contributed by atoms with Gasteiger partial charge in [0.2, 0.25) is 0 Å². The molecule has 0 aliphatic heterocycles. The number of unbranched alkanes of at least 4 members (excludes halogenated alkanes) is 7. The molecule has 0 radical (unpaired) electrons. The number of hydrogen-bond donors (Lipinski definition) is 2. The highest BCUT2D eigenvalue weighted by molar-refractivity contribution is 7.57. The Balaban J connectivity index is 3.24. The molecule has 0 aromatic rings. The molecule has 0 amide bonds. The second kappa shape index (κ2) is 8.97. The van der Waals surface area contributed by atoms with E-state index in [-0.39, 0.29) is 0 Å². The van der Waals surface area contributed by atoms with E-state index in [0.29, 0.717) is 6.42 Å². The molecule has 2 N–H and O–H groups in total. The minimum atomic E-state index is -4.10. The van der Waals surface area contributed by atoms with E-state index >= 15 is 0 Å². The molecule has 3 nitrogen and oxygen atoms in total. The molecular weight excluding hydrogens is 211 g/mol. The van der Waals surface area contributed by atoms with E-state index in [4.69, 9.17) is 9.79 Å². The van der Waals surface area contributed by atoms with Gasteiger partial charge in [0, 0.05) is 12.1 Å². The maximum Gasteiger partial charge on any atom is 0.400 e. The van der Waals surface area contributed by atoms with Crippen LogP contribution >= 0.6 is 7.60 Å². The van der Waals surface area contributed by atoms with Crippen molar-refractivity contribution in [2.24, 2.45) is 0 Å². The fraction of sp³-hybridized carbons (Fsp3) is 0.818. The van der Waals surface area contributed by atoms with Gasteiger partial charge in [0.25, 0.3) is 0 Å². The minimum Gasteiger partial charge on any atom is -0.315 e. The second-order valence-corrected chi connectivity index (χ2v) is 5.02. The summed E-state index contributed by atoms with van der Waals surface area (Å²) >= 11 is 0. The van der Waals surface area contributed by atoms with Gasteiger partial charge in [0.1, 0.15) is 0 Å².